The molecule has 1 aliphatic heterocycles. The number of imidazole rings is 1. The van der Waals surface area contributed by atoms with E-state index in [2.05, 4.69) is 29.3 Å². The van der Waals surface area contributed by atoms with E-state index in [1.165, 1.54) is 5.56 Å². The molecule has 0 atom stereocenters. The number of hydrogen-bond donors (Lipinski definition) is 0. The zero-order valence-electron chi connectivity index (χ0n) is 15.2. The molecule has 0 amide bonds. The van der Waals surface area contributed by atoms with Crippen molar-refractivity contribution in [1.29, 1.82) is 0 Å². The summed E-state index contributed by atoms with van der Waals surface area (Å²) in [6, 6.07) is 2.03. The molecule has 0 spiro atoms. The fourth-order valence-corrected chi connectivity index (χ4v) is 3.65. The molecule has 138 valence electrons. The largest absolute Gasteiger partial charge is 0.472 e. The lowest BCUT2D eigenvalue weighted by atomic mass is 10.2. The Kier molecular flexibility index (Phi) is 3.90. The van der Waals surface area contributed by atoms with Crippen LogP contribution in [-0.2, 0) is 13.6 Å². The molecule has 0 radical (unpaired) electrons. The first kappa shape index (κ1) is 16.1. The third-order valence-corrected chi connectivity index (χ3v) is 5.07. The van der Waals surface area contributed by atoms with Gasteiger partial charge in [-0.25, -0.2) is 9.97 Å². The molecular weight excluding hydrogens is 342 g/mol. The monoisotopic (exact) mass is 363 g/mol. The molecule has 4 aromatic heterocycles. The van der Waals surface area contributed by atoms with E-state index in [1.54, 1.807) is 10.9 Å². The highest BCUT2D eigenvalue weighted by Gasteiger charge is 2.21. The summed E-state index contributed by atoms with van der Waals surface area (Å²) < 4.78 is 9.07. The van der Waals surface area contributed by atoms with Gasteiger partial charge in [-0.15, -0.1) is 0 Å². The molecule has 0 N–H and O–H groups in total. The number of hydrogen-bond acceptors (Lipinski definition) is 6. The van der Waals surface area contributed by atoms with Crippen LogP contribution in [0.5, 0.6) is 0 Å². The van der Waals surface area contributed by atoms with E-state index in [0.29, 0.717) is 0 Å². The van der Waals surface area contributed by atoms with Gasteiger partial charge < -0.3 is 9.32 Å². The van der Waals surface area contributed by atoms with Gasteiger partial charge in [0.2, 0.25) is 0 Å². The molecule has 0 aromatic carbocycles. The van der Waals surface area contributed by atoms with Gasteiger partial charge in [-0.1, -0.05) is 0 Å². The average Bonchev–Trinajstić information content (AvgIpc) is 3.43. The van der Waals surface area contributed by atoms with Crippen molar-refractivity contribution in [2.75, 3.05) is 31.1 Å². The Morgan fingerprint density at radius 3 is 2.74 bits per heavy atom. The van der Waals surface area contributed by atoms with E-state index >= 15 is 0 Å². The lowest BCUT2D eigenvalue weighted by molar-refractivity contribution is 0.249. The van der Waals surface area contributed by atoms with Gasteiger partial charge in [-0.2, -0.15) is 5.10 Å². The second-order valence-corrected chi connectivity index (χ2v) is 6.89. The van der Waals surface area contributed by atoms with Crippen molar-refractivity contribution in [3.05, 3.63) is 55.1 Å². The topological polar surface area (TPSA) is 67.6 Å². The lowest BCUT2D eigenvalue weighted by Gasteiger charge is -2.35. The molecule has 5 heterocycles. The van der Waals surface area contributed by atoms with Crippen LogP contribution < -0.4 is 4.90 Å². The number of piperazine rings is 1. The SMILES string of the molecule is Cn1cc(-c2cnc3c(N4CCN(Cc5ccoc5)CC4)nccn23)cn1. The van der Waals surface area contributed by atoms with Gasteiger partial charge in [0.15, 0.2) is 11.5 Å². The molecular formula is C19H21N7O. The Hall–Kier alpha value is -3.13. The van der Waals surface area contributed by atoms with Gasteiger partial charge in [-0.05, 0) is 6.07 Å². The number of fused-ring (bicyclic) bond motifs is 1. The Balaban J connectivity index is 1.37. The van der Waals surface area contributed by atoms with Crippen LogP contribution in [0.4, 0.5) is 5.82 Å². The summed E-state index contributed by atoms with van der Waals surface area (Å²) in [5.74, 6) is 0.940. The zero-order valence-corrected chi connectivity index (χ0v) is 15.2. The molecule has 4 aromatic rings. The first-order valence-electron chi connectivity index (χ1n) is 9.07. The van der Waals surface area contributed by atoms with Crippen LogP contribution in [-0.4, -0.2) is 55.2 Å². The third-order valence-electron chi connectivity index (χ3n) is 5.07. The van der Waals surface area contributed by atoms with E-state index in [9.17, 15) is 0 Å². The first-order chi connectivity index (χ1) is 13.3. The Morgan fingerprint density at radius 1 is 1.11 bits per heavy atom. The van der Waals surface area contributed by atoms with Crippen molar-refractivity contribution in [2.45, 2.75) is 6.54 Å². The van der Waals surface area contributed by atoms with Gasteiger partial charge in [0.05, 0.1) is 30.6 Å². The van der Waals surface area contributed by atoms with Gasteiger partial charge in [-0.3, -0.25) is 14.0 Å². The molecule has 1 aliphatic rings. The molecule has 27 heavy (non-hydrogen) atoms. The smallest absolute Gasteiger partial charge is 0.180 e. The number of rotatable bonds is 4. The molecule has 1 saturated heterocycles. The Morgan fingerprint density at radius 2 is 2.00 bits per heavy atom. The number of furan rings is 1. The summed E-state index contributed by atoms with van der Waals surface area (Å²) in [7, 11) is 1.92. The van der Waals surface area contributed by atoms with Crippen molar-refractivity contribution in [3.8, 4) is 11.3 Å². The second-order valence-electron chi connectivity index (χ2n) is 6.89. The predicted octanol–water partition coefficient (Wildman–Crippen LogP) is 2.04. The van der Waals surface area contributed by atoms with Crippen molar-refractivity contribution < 1.29 is 4.42 Å². The van der Waals surface area contributed by atoms with E-state index in [1.807, 2.05) is 50.4 Å². The van der Waals surface area contributed by atoms with Crippen LogP contribution in [0.3, 0.4) is 0 Å². The van der Waals surface area contributed by atoms with Gasteiger partial charge in [0.25, 0.3) is 0 Å². The minimum atomic E-state index is 0.889. The summed E-state index contributed by atoms with van der Waals surface area (Å²) in [4.78, 5) is 14.0. The highest BCUT2D eigenvalue weighted by atomic mass is 16.3. The van der Waals surface area contributed by atoms with E-state index in [-0.39, 0.29) is 0 Å². The fourth-order valence-electron chi connectivity index (χ4n) is 3.65. The van der Waals surface area contributed by atoms with Crippen LogP contribution in [0.15, 0.2) is 54.0 Å². The van der Waals surface area contributed by atoms with Crippen molar-refractivity contribution >= 4 is 11.5 Å². The molecule has 0 bridgehead atoms. The highest BCUT2D eigenvalue weighted by Crippen LogP contribution is 2.25. The van der Waals surface area contributed by atoms with Crippen LogP contribution in [0.1, 0.15) is 5.56 Å². The summed E-state index contributed by atoms with van der Waals surface area (Å²) in [6.07, 6.45) is 13.1. The number of nitrogens with zero attached hydrogens (tertiary/aromatic N) is 7. The summed E-state index contributed by atoms with van der Waals surface area (Å²) in [5.41, 5.74) is 4.19. The molecule has 8 nitrogen and oxygen atoms in total. The minimum Gasteiger partial charge on any atom is -0.472 e. The zero-order chi connectivity index (χ0) is 18.2. The van der Waals surface area contributed by atoms with Crippen LogP contribution >= 0.6 is 0 Å². The number of aryl methyl sites for hydroxylation is 1. The Labute approximate surface area is 156 Å². The maximum Gasteiger partial charge on any atom is 0.180 e. The summed E-state index contributed by atoms with van der Waals surface area (Å²) in [5, 5.41) is 4.27. The van der Waals surface area contributed by atoms with Gasteiger partial charge >= 0.3 is 0 Å². The van der Waals surface area contributed by atoms with E-state index in [4.69, 9.17) is 4.42 Å². The van der Waals surface area contributed by atoms with Crippen molar-refractivity contribution in [3.63, 3.8) is 0 Å². The number of aromatic nitrogens is 5. The predicted molar refractivity (Wildman–Crippen MR) is 101 cm³/mol. The summed E-state index contributed by atoms with van der Waals surface area (Å²) >= 11 is 0. The van der Waals surface area contributed by atoms with Gasteiger partial charge in [0, 0.05) is 69.5 Å². The van der Waals surface area contributed by atoms with Gasteiger partial charge in [0.1, 0.15) is 0 Å². The molecule has 5 rings (SSSR count). The molecule has 1 fully saturated rings. The quantitative estimate of drug-likeness (QED) is 0.553. The molecule has 0 aliphatic carbocycles. The average molecular weight is 363 g/mol. The van der Waals surface area contributed by atoms with Crippen LogP contribution in [0.2, 0.25) is 0 Å². The van der Waals surface area contributed by atoms with Crippen LogP contribution in [0, 0.1) is 0 Å². The normalized spacial score (nSPS) is 15.7. The molecule has 0 unspecified atom stereocenters. The molecule has 8 heteroatoms. The summed E-state index contributed by atoms with van der Waals surface area (Å²) in [6.45, 7) is 4.77. The van der Waals surface area contributed by atoms with E-state index < -0.39 is 0 Å². The third kappa shape index (κ3) is 2.97. The number of anilines is 1. The first-order valence-corrected chi connectivity index (χ1v) is 9.07. The maximum atomic E-state index is 5.17. The lowest BCUT2D eigenvalue weighted by Crippen LogP contribution is -2.46. The van der Waals surface area contributed by atoms with E-state index in [0.717, 1.165) is 55.4 Å². The van der Waals surface area contributed by atoms with Crippen LogP contribution in [0.25, 0.3) is 16.9 Å². The molecule has 0 saturated carbocycles. The Bertz CT molecular complexity index is 1040. The van der Waals surface area contributed by atoms with Crippen molar-refractivity contribution in [2.24, 2.45) is 7.05 Å². The fraction of sp³-hybridized carbons (Fsp3) is 0.316. The van der Waals surface area contributed by atoms with Crippen molar-refractivity contribution in [1.82, 2.24) is 29.0 Å². The highest BCUT2D eigenvalue weighted by molar-refractivity contribution is 5.70. The standard InChI is InChI=1S/C19H21N7O/c1-23-13-16(10-22-23)17-11-21-19-18(20-3-4-26(17)19)25-7-5-24(6-8-25)12-15-2-9-27-14-15/h2-4,9-11,13-14H,5-8,12H2,1H3. The minimum absolute atomic E-state index is 0.889. The maximum absolute atomic E-state index is 5.17. The second kappa shape index (κ2) is 6.55.